The molecule has 0 unspecified atom stereocenters. The van der Waals surface area contributed by atoms with E-state index < -0.39 is 0 Å². The van der Waals surface area contributed by atoms with Gasteiger partial charge in [0.15, 0.2) is 0 Å². The minimum absolute atomic E-state index is 0.689. The minimum Gasteiger partial charge on any atom is -0.296 e. The first-order chi connectivity index (χ1) is 10.9. The van der Waals surface area contributed by atoms with Crippen molar-refractivity contribution >= 4 is 0 Å². The largest absolute Gasteiger partial charge is 0.296 e. The lowest BCUT2D eigenvalue weighted by atomic mass is 9.89. The van der Waals surface area contributed by atoms with Crippen molar-refractivity contribution in [2.75, 3.05) is 13.1 Å². The van der Waals surface area contributed by atoms with Gasteiger partial charge in [0.25, 0.3) is 0 Å². The van der Waals surface area contributed by atoms with E-state index in [1.165, 1.54) is 50.8 Å². The van der Waals surface area contributed by atoms with Gasteiger partial charge in [-0.1, -0.05) is 54.6 Å². The van der Waals surface area contributed by atoms with Crippen molar-refractivity contribution in [2.45, 2.75) is 38.1 Å². The molecule has 0 N–H and O–H groups in total. The maximum absolute atomic E-state index is 2.74. The first kappa shape index (κ1) is 14.0. The molecule has 1 aliphatic carbocycles. The quantitative estimate of drug-likeness (QED) is 0.797. The highest BCUT2D eigenvalue weighted by atomic mass is 15.2. The Kier molecular flexibility index (Phi) is 3.99. The van der Waals surface area contributed by atoms with E-state index in [9.17, 15) is 0 Å². The van der Waals surface area contributed by atoms with Crippen molar-refractivity contribution in [1.29, 1.82) is 0 Å². The van der Waals surface area contributed by atoms with E-state index in [0.29, 0.717) is 6.04 Å². The Labute approximate surface area is 134 Å². The number of likely N-dealkylation sites (tertiary alicyclic amines) is 1. The summed E-state index contributed by atoms with van der Waals surface area (Å²) in [5.74, 6) is 0.871. The Morgan fingerprint density at radius 2 is 1.55 bits per heavy atom. The molecule has 4 rings (SSSR count). The van der Waals surface area contributed by atoms with E-state index >= 15 is 0 Å². The lowest BCUT2D eigenvalue weighted by molar-refractivity contribution is 0.132. The van der Waals surface area contributed by atoms with E-state index in [2.05, 4.69) is 59.5 Å². The van der Waals surface area contributed by atoms with Crippen molar-refractivity contribution in [3.05, 3.63) is 71.3 Å². The number of aryl methyl sites for hydroxylation is 1. The Bertz CT molecular complexity index is 611. The first-order valence-corrected chi connectivity index (χ1v) is 8.76. The summed E-state index contributed by atoms with van der Waals surface area (Å²) < 4.78 is 0. The number of hydrogen-bond acceptors (Lipinski definition) is 1. The van der Waals surface area contributed by atoms with Crippen LogP contribution in [0.1, 0.15) is 42.0 Å². The van der Waals surface area contributed by atoms with Gasteiger partial charge in [0.2, 0.25) is 0 Å². The molecule has 22 heavy (non-hydrogen) atoms. The maximum Gasteiger partial charge on any atom is 0.0354 e. The number of benzene rings is 2. The highest BCUT2D eigenvalue weighted by Gasteiger charge is 2.30. The molecule has 1 heterocycles. The second-order valence-electron chi connectivity index (χ2n) is 6.92. The molecule has 1 atom stereocenters. The van der Waals surface area contributed by atoms with Crippen LogP contribution in [-0.2, 0) is 12.8 Å². The first-order valence-electron chi connectivity index (χ1n) is 8.76. The summed E-state index contributed by atoms with van der Waals surface area (Å²) in [6.45, 7) is 2.55. The van der Waals surface area contributed by atoms with Crippen molar-refractivity contribution in [1.82, 2.24) is 4.90 Å². The molecule has 1 fully saturated rings. The zero-order valence-electron chi connectivity index (χ0n) is 13.2. The van der Waals surface area contributed by atoms with Crippen LogP contribution in [-0.4, -0.2) is 18.0 Å². The van der Waals surface area contributed by atoms with Crippen LogP contribution in [0.5, 0.6) is 0 Å². The smallest absolute Gasteiger partial charge is 0.0354 e. The number of rotatable bonds is 3. The Hall–Kier alpha value is -1.60. The molecule has 0 radical (unpaired) electrons. The molecule has 2 aromatic carbocycles. The van der Waals surface area contributed by atoms with Crippen LogP contribution in [0.15, 0.2) is 54.6 Å². The molecule has 0 amide bonds. The standard InChI is InChI=1S/C21H25N/c1-2-6-17(7-3-1)16-18-12-14-22(15-13-18)21-11-10-19-8-4-5-9-20(19)21/h1-9,18,21H,10-16H2/t21-/m1/s1. The zero-order chi connectivity index (χ0) is 14.8. The third-order valence-corrected chi connectivity index (χ3v) is 5.56. The summed E-state index contributed by atoms with van der Waals surface area (Å²) >= 11 is 0. The number of piperidine rings is 1. The van der Waals surface area contributed by atoms with E-state index in [-0.39, 0.29) is 0 Å². The predicted octanol–water partition coefficient (Wildman–Crippen LogP) is 4.63. The van der Waals surface area contributed by atoms with Crippen LogP contribution in [0.4, 0.5) is 0 Å². The van der Waals surface area contributed by atoms with Gasteiger partial charge in [-0.25, -0.2) is 0 Å². The summed E-state index contributed by atoms with van der Waals surface area (Å²) in [6, 6.07) is 20.8. The molecular weight excluding hydrogens is 266 g/mol. The van der Waals surface area contributed by atoms with Crippen molar-refractivity contribution < 1.29 is 0 Å². The van der Waals surface area contributed by atoms with Crippen molar-refractivity contribution in [3.8, 4) is 0 Å². The van der Waals surface area contributed by atoms with Gasteiger partial charge in [0.1, 0.15) is 0 Å². The topological polar surface area (TPSA) is 3.24 Å². The lowest BCUT2D eigenvalue weighted by Gasteiger charge is -2.36. The SMILES string of the molecule is c1ccc(CC2CCN([C@@H]3CCc4ccccc43)CC2)cc1. The molecule has 1 heteroatoms. The third-order valence-electron chi connectivity index (χ3n) is 5.56. The second kappa shape index (κ2) is 6.26. The highest BCUT2D eigenvalue weighted by molar-refractivity contribution is 5.34. The lowest BCUT2D eigenvalue weighted by Crippen LogP contribution is -2.36. The molecule has 2 aromatic rings. The third kappa shape index (κ3) is 2.83. The average molecular weight is 291 g/mol. The molecule has 1 nitrogen and oxygen atoms in total. The Morgan fingerprint density at radius 1 is 0.818 bits per heavy atom. The van der Waals surface area contributed by atoms with Gasteiger partial charge in [-0.2, -0.15) is 0 Å². The van der Waals surface area contributed by atoms with Crippen LogP contribution < -0.4 is 0 Å². The summed E-state index contributed by atoms with van der Waals surface area (Å²) in [4.78, 5) is 2.74. The van der Waals surface area contributed by atoms with Crippen LogP contribution in [0.2, 0.25) is 0 Å². The molecule has 0 aromatic heterocycles. The molecule has 0 bridgehead atoms. The minimum atomic E-state index is 0.689. The summed E-state index contributed by atoms with van der Waals surface area (Å²) in [5.41, 5.74) is 4.69. The molecular formula is C21H25N. The zero-order valence-corrected chi connectivity index (χ0v) is 13.2. The number of fused-ring (bicyclic) bond motifs is 1. The molecule has 0 spiro atoms. The van der Waals surface area contributed by atoms with Crippen LogP contribution in [0, 0.1) is 5.92 Å². The summed E-state index contributed by atoms with van der Waals surface area (Å²) in [7, 11) is 0. The van der Waals surface area contributed by atoms with Gasteiger partial charge >= 0.3 is 0 Å². The molecule has 114 valence electrons. The second-order valence-corrected chi connectivity index (χ2v) is 6.92. The van der Waals surface area contributed by atoms with Gasteiger partial charge < -0.3 is 0 Å². The fourth-order valence-electron chi connectivity index (χ4n) is 4.33. The highest BCUT2D eigenvalue weighted by Crippen LogP contribution is 2.37. The van der Waals surface area contributed by atoms with Gasteiger partial charge in [0.05, 0.1) is 0 Å². The normalized spacial score (nSPS) is 22.6. The number of hydrogen-bond donors (Lipinski definition) is 0. The van der Waals surface area contributed by atoms with Crippen LogP contribution in [0.25, 0.3) is 0 Å². The van der Waals surface area contributed by atoms with Gasteiger partial charge in [-0.15, -0.1) is 0 Å². The van der Waals surface area contributed by atoms with Crippen molar-refractivity contribution in [3.63, 3.8) is 0 Å². The fraction of sp³-hybridized carbons (Fsp3) is 0.429. The molecule has 0 saturated carbocycles. The summed E-state index contributed by atoms with van der Waals surface area (Å²) in [5, 5.41) is 0. The van der Waals surface area contributed by atoms with Gasteiger partial charge in [-0.3, -0.25) is 4.90 Å². The van der Waals surface area contributed by atoms with E-state index in [1.54, 1.807) is 11.1 Å². The maximum atomic E-state index is 2.74. The summed E-state index contributed by atoms with van der Waals surface area (Å²) in [6.07, 6.45) is 6.56. The average Bonchev–Trinajstić information content (AvgIpc) is 3.01. The fourth-order valence-corrected chi connectivity index (χ4v) is 4.33. The van der Waals surface area contributed by atoms with Gasteiger partial charge in [0, 0.05) is 6.04 Å². The number of nitrogens with zero attached hydrogens (tertiary/aromatic N) is 1. The van der Waals surface area contributed by atoms with E-state index in [4.69, 9.17) is 0 Å². The predicted molar refractivity (Wildman–Crippen MR) is 91.9 cm³/mol. The molecule has 2 aliphatic rings. The van der Waals surface area contributed by atoms with Crippen molar-refractivity contribution in [2.24, 2.45) is 5.92 Å². The molecule has 1 aliphatic heterocycles. The van der Waals surface area contributed by atoms with Crippen LogP contribution in [0.3, 0.4) is 0 Å². The van der Waals surface area contributed by atoms with Gasteiger partial charge in [-0.05, 0) is 67.8 Å². The van der Waals surface area contributed by atoms with Crippen LogP contribution >= 0.6 is 0 Å². The Morgan fingerprint density at radius 3 is 2.36 bits per heavy atom. The monoisotopic (exact) mass is 291 g/mol. The Balaban J connectivity index is 1.37. The van der Waals surface area contributed by atoms with E-state index in [0.717, 1.165) is 5.92 Å². The molecule has 1 saturated heterocycles. The van der Waals surface area contributed by atoms with E-state index in [1.807, 2.05) is 0 Å².